The molecule has 2 rings (SSSR count). The molecule has 1 aromatic carbocycles. The molecule has 8 nitrogen and oxygen atoms in total. The Balaban J connectivity index is 2.33. The van der Waals surface area contributed by atoms with Gasteiger partial charge in [0.2, 0.25) is 11.7 Å². The average molecular weight is 363 g/mol. The van der Waals surface area contributed by atoms with Crippen LogP contribution in [0, 0.1) is 5.92 Å². The molecule has 4 N–H and O–H groups in total. The maximum Gasteiger partial charge on any atom is 0.257 e. The second kappa shape index (κ2) is 8.09. The normalized spacial score (nSPS) is 15.1. The molecule has 1 unspecified atom stereocenters. The number of hydrogen-bond acceptors (Lipinski definition) is 7. The van der Waals surface area contributed by atoms with Crippen LogP contribution >= 0.6 is 0 Å². The molecule has 1 amide bonds. The average Bonchev–Trinajstić information content (AvgIpc) is 2.93. The standard InChI is InChI=1S/C18H25N3O5/c1-10(2)13(8-22)20-17-15(14(23)9-26-17)19-12-7-5-6-11(16(12)24)18(25)21(3)4/h5-7,10,13,19-20,22,24H,8-9H2,1-4H3. The summed E-state index contributed by atoms with van der Waals surface area (Å²) < 4.78 is 5.38. The molecular formula is C18H25N3O5. The number of aromatic hydroxyl groups is 1. The van der Waals surface area contributed by atoms with Crippen molar-refractivity contribution in [2.24, 2.45) is 5.92 Å². The lowest BCUT2D eigenvalue weighted by Gasteiger charge is -2.22. The van der Waals surface area contributed by atoms with E-state index in [1.165, 1.54) is 11.0 Å². The molecule has 142 valence electrons. The van der Waals surface area contributed by atoms with Gasteiger partial charge in [-0.25, -0.2) is 0 Å². The van der Waals surface area contributed by atoms with Crippen molar-refractivity contribution in [2.45, 2.75) is 19.9 Å². The predicted molar refractivity (Wildman–Crippen MR) is 96.6 cm³/mol. The Bertz CT molecular complexity index is 728. The molecule has 0 spiro atoms. The van der Waals surface area contributed by atoms with Gasteiger partial charge in [0.05, 0.1) is 23.9 Å². The second-order valence-corrected chi connectivity index (χ2v) is 6.62. The molecule has 0 radical (unpaired) electrons. The van der Waals surface area contributed by atoms with E-state index in [1.807, 2.05) is 13.8 Å². The number of rotatable bonds is 7. The SMILES string of the molecule is CC(C)C(CO)NC1=C(Nc2cccc(C(=O)N(C)C)c2O)C(=O)CO1. The number of carbonyl (C=O) groups is 2. The highest BCUT2D eigenvalue weighted by atomic mass is 16.5. The molecule has 1 heterocycles. The van der Waals surface area contributed by atoms with Gasteiger partial charge in [-0.2, -0.15) is 0 Å². The Hall–Kier alpha value is -2.74. The number of aliphatic hydroxyl groups is 1. The van der Waals surface area contributed by atoms with Crippen LogP contribution in [0.2, 0.25) is 0 Å². The number of hydrogen-bond donors (Lipinski definition) is 4. The summed E-state index contributed by atoms with van der Waals surface area (Å²) >= 11 is 0. The molecule has 0 bridgehead atoms. The van der Waals surface area contributed by atoms with Crippen LogP contribution in [0.15, 0.2) is 29.8 Å². The van der Waals surface area contributed by atoms with Crippen molar-refractivity contribution < 1.29 is 24.5 Å². The van der Waals surface area contributed by atoms with Gasteiger partial charge in [-0.1, -0.05) is 19.9 Å². The van der Waals surface area contributed by atoms with E-state index < -0.39 is 0 Å². The number of phenols is 1. The highest BCUT2D eigenvalue weighted by Crippen LogP contribution is 2.30. The first-order chi connectivity index (χ1) is 12.3. The first kappa shape index (κ1) is 19.6. The van der Waals surface area contributed by atoms with Crippen LogP contribution in [-0.2, 0) is 9.53 Å². The van der Waals surface area contributed by atoms with Gasteiger partial charge >= 0.3 is 0 Å². The number of para-hydroxylation sites is 1. The molecule has 0 aliphatic carbocycles. The number of anilines is 1. The molecular weight excluding hydrogens is 338 g/mol. The third kappa shape index (κ3) is 4.08. The highest BCUT2D eigenvalue weighted by molar-refractivity contribution is 6.03. The molecule has 26 heavy (non-hydrogen) atoms. The molecule has 0 saturated heterocycles. The number of Topliss-reactive ketones (excluding diaryl/α,β-unsaturated/α-hetero) is 1. The van der Waals surface area contributed by atoms with E-state index in [2.05, 4.69) is 10.6 Å². The Morgan fingerprint density at radius 3 is 2.62 bits per heavy atom. The number of benzene rings is 1. The van der Waals surface area contributed by atoms with Crippen LogP contribution in [-0.4, -0.2) is 60.2 Å². The van der Waals surface area contributed by atoms with Crippen molar-refractivity contribution >= 4 is 17.4 Å². The zero-order chi connectivity index (χ0) is 19.4. The van der Waals surface area contributed by atoms with E-state index in [-0.39, 0.29) is 65.4 Å². The van der Waals surface area contributed by atoms with Crippen molar-refractivity contribution in [1.82, 2.24) is 10.2 Å². The van der Waals surface area contributed by atoms with Crippen molar-refractivity contribution in [3.05, 3.63) is 35.3 Å². The molecule has 1 aliphatic rings. The Kier molecular flexibility index (Phi) is 6.10. The fourth-order valence-corrected chi connectivity index (χ4v) is 2.43. The minimum Gasteiger partial charge on any atom is -0.505 e. The largest absolute Gasteiger partial charge is 0.505 e. The van der Waals surface area contributed by atoms with Crippen LogP contribution < -0.4 is 10.6 Å². The van der Waals surface area contributed by atoms with Gasteiger partial charge in [0.25, 0.3) is 5.91 Å². The highest BCUT2D eigenvalue weighted by Gasteiger charge is 2.29. The Morgan fingerprint density at radius 1 is 1.35 bits per heavy atom. The van der Waals surface area contributed by atoms with Crippen LogP contribution in [0.1, 0.15) is 24.2 Å². The van der Waals surface area contributed by atoms with Crippen LogP contribution in [0.3, 0.4) is 0 Å². The summed E-state index contributed by atoms with van der Waals surface area (Å²) in [7, 11) is 3.17. The van der Waals surface area contributed by atoms with E-state index in [4.69, 9.17) is 4.74 Å². The Morgan fingerprint density at radius 2 is 2.04 bits per heavy atom. The van der Waals surface area contributed by atoms with Crippen molar-refractivity contribution in [3.8, 4) is 5.75 Å². The topological polar surface area (TPSA) is 111 Å². The number of phenolic OH excluding ortho intramolecular Hbond substituents is 1. The fourth-order valence-electron chi connectivity index (χ4n) is 2.43. The van der Waals surface area contributed by atoms with Gasteiger partial charge in [-0.3, -0.25) is 9.59 Å². The number of carbonyl (C=O) groups excluding carboxylic acids is 2. The zero-order valence-electron chi connectivity index (χ0n) is 15.4. The van der Waals surface area contributed by atoms with Gasteiger partial charge < -0.3 is 30.5 Å². The molecule has 0 saturated carbocycles. The summed E-state index contributed by atoms with van der Waals surface area (Å²) in [6, 6.07) is 4.38. The minimum absolute atomic E-state index is 0.113. The maximum atomic E-state index is 12.2. The van der Waals surface area contributed by atoms with Crippen molar-refractivity contribution in [1.29, 1.82) is 0 Å². The zero-order valence-corrected chi connectivity index (χ0v) is 15.4. The van der Waals surface area contributed by atoms with Gasteiger partial charge in [0.15, 0.2) is 12.4 Å². The lowest BCUT2D eigenvalue weighted by molar-refractivity contribution is -0.116. The summed E-state index contributed by atoms with van der Waals surface area (Å²) in [5, 5.41) is 25.7. The van der Waals surface area contributed by atoms with E-state index in [0.717, 1.165) is 0 Å². The van der Waals surface area contributed by atoms with Crippen molar-refractivity contribution in [3.63, 3.8) is 0 Å². The first-order valence-electron chi connectivity index (χ1n) is 8.34. The summed E-state index contributed by atoms with van der Waals surface area (Å²) in [5.41, 5.74) is 0.488. The van der Waals surface area contributed by atoms with E-state index in [1.54, 1.807) is 26.2 Å². The maximum absolute atomic E-state index is 12.2. The molecule has 8 heteroatoms. The monoisotopic (exact) mass is 363 g/mol. The summed E-state index contributed by atoms with van der Waals surface area (Å²) in [6.45, 7) is 3.60. The first-order valence-corrected chi connectivity index (χ1v) is 8.34. The number of ketones is 1. The molecule has 0 fully saturated rings. The van der Waals surface area contributed by atoms with E-state index >= 15 is 0 Å². The summed E-state index contributed by atoms with van der Waals surface area (Å²) in [4.78, 5) is 25.7. The number of nitrogens with zero attached hydrogens (tertiary/aromatic N) is 1. The van der Waals surface area contributed by atoms with E-state index in [9.17, 15) is 19.8 Å². The fraction of sp³-hybridized carbons (Fsp3) is 0.444. The molecule has 1 atom stereocenters. The third-order valence-corrected chi connectivity index (χ3v) is 4.10. The number of nitrogens with one attached hydrogen (secondary N) is 2. The second-order valence-electron chi connectivity index (χ2n) is 6.62. The lowest BCUT2D eigenvalue weighted by Crippen LogP contribution is -2.37. The minimum atomic E-state index is -0.354. The van der Waals surface area contributed by atoms with Crippen LogP contribution in [0.4, 0.5) is 5.69 Å². The van der Waals surface area contributed by atoms with Gasteiger partial charge in [0, 0.05) is 14.1 Å². The quantitative estimate of drug-likeness (QED) is 0.532. The summed E-state index contributed by atoms with van der Waals surface area (Å²) in [5.74, 6) is -0.571. The van der Waals surface area contributed by atoms with Crippen LogP contribution in [0.25, 0.3) is 0 Å². The van der Waals surface area contributed by atoms with E-state index in [0.29, 0.717) is 0 Å². The van der Waals surface area contributed by atoms with Gasteiger partial charge in [-0.15, -0.1) is 0 Å². The lowest BCUT2D eigenvalue weighted by atomic mass is 10.1. The smallest absolute Gasteiger partial charge is 0.257 e. The molecule has 0 aromatic heterocycles. The van der Waals surface area contributed by atoms with Gasteiger partial charge in [-0.05, 0) is 18.1 Å². The van der Waals surface area contributed by atoms with Gasteiger partial charge in [0.1, 0.15) is 5.70 Å². The Labute approximate surface area is 152 Å². The van der Waals surface area contributed by atoms with Crippen LogP contribution in [0.5, 0.6) is 5.75 Å². The number of amides is 1. The number of ether oxygens (including phenoxy) is 1. The third-order valence-electron chi connectivity index (χ3n) is 4.10. The predicted octanol–water partition coefficient (Wildman–Crippen LogP) is 0.881. The summed E-state index contributed by atoms with van der Waals surface area (Å²) in [6.07, 6.45) is 0. The molecule has 1 aliphatic heterocycles. The van der Waals surface area contributed by atoms with Crippen molar-refractivity contribution in [2.75, 3.05) is 32.6 Å². The molecule has 1 aromatic rings. The number of aliphatic hydroxyl groups excluding tert-OH is 1.